The summed E-state index contributed by atoms with van der Waals surface area (Å²) in [6.07, 6.45) is 0. The van der Waals surface area contributed by atoms with Crippen LogP contribution in [0.5, 0.6) is 5.75 Å². The number of ether oxygens (including phenoxy) is 2. The van der Waals surface area contributed by atoms with Gasteiger partial charge in [-0.15, -0.1) is 0 Å². The fourth-order valence-electron chi connectivity index (χ4n) is 4.19. The van der Waals surface area contributed by atoms with Gasteiger partial charge in [0.15, 0.2) is 0 Å². The zero-order valence-electron chi connectivity index (χ0n) is 18.9. The second kappa shape index (κ2) is 9.23. The molecule has 1 amide bonds. The van der Waals surface area contributed by atoms with Crippen LogP contribution in [0.15, 0.2) is 36.4 Å². The van der Waals surface area contributed by atoms with Gasteiger partial charge in [0.2, 0.25) is 6.86 Å². The van der Waals surface area contributed by atoms with Crippen LogP contribution in [-0.2, 0) is 17.3 Å². The third-order valence-electron chi connectivity index (χ3n) is 6.28. The van der Waals surface area contributed by atoms with Crippen LogP contribution in [0.2, 0.25) is 0 Å². The van der Waals surface area contributed by atoms with Crippen molar-refractivity contribution >= 4 is 11.6 Å². The zero-order valence-corrected chi connectivity index (χ0v) is 18.9. The highest BCUT2D eigenvalue weighted by Gasteiger charge is 2.38. The lowest BCUT2D eigenvalue weighted by molar-refractivity contribution is -0.103. The molecule has 2 heterocycles. The summed E-state index contributed by atoms with van der Waals surface area (Å²) in [4.78, 5) is 17.1. The molecule has 1 fully saturated rings. The third-order valence-corrected chi connectivity index (χ3v) is 6.28. The van der Waals surface area contributed by atoms with E-state index in [1.807, 2.05) is 26.2 Å². The molecule has 2 aromatic rings. The van der Waals surface area contributed by atoms with E-state index in [-0.39, 0.29) is 17.7 Å². The number of rotatable bonds is 7. The molecule has 0 aromatic heterocycles. The first-order valence-electron chi connectivity index (χ1n) is 10.8. The molecule has 0 radical (unpaired) electrons. The van der Waals surface area contributed by atoms with Crippen LogP contribution in [0.1, 0.15) is 40.0 Å². The van der Waals surface area contributed by atoms with Gasteiger partial charge in [-0.3, -0.25) is 4.79 Å². The molecule has 1 atom stereocenters. The van der Waals surface area contributed by atoms with E-state index in [1.54, 1.807) is 13.0 Å². The molecule has 1 saturated heterocycles. The standard InChI is InChI=1S/C24H28F3N3O3/c1-15(28-23(31)16-4-7-21-17(8-16)12-32-13-24(21,26)27)20-6-5-18(9-22(20)33-14-25)30-10-19(11-30)29(2)3/h4-9,15,19H,10-14H2,1-3H3,(H,28,31)/t15-/m0/s1. The van der Waals surface area contributed by atoms with Gasteiger partial charge in [0, 0.05) is 47.6 Å². The van der Waals surface area contributed by atoms with Gasteiger partial charge < -0.3 is 24.6 Å². The highest BCUT2D eigenvalue weighted by molar-refractivity contribution is 5.94. The topological polar surface area (TPSA) is 54.0 Å². The minimum atomic E-state index is -3.07. The molecule has 1 N–H and O–H groups in total. The van der Waals surface area contributed by atoms with Crippen LogP contribution in [0.25, 0.3) is 0 Å². The first-order chi connectivity index (χ1) is 15.7. The maximum absolute atomic E-state index is 14.0. The highest BCUT2D eigenvalue weighted by Crippen LogP contribution is 2.36. The monoisotopic (exact) mass is 463 g/mol. The molecular weight excluding hydrogens is 435 g/mol. The van der Waals surface area contributed by atoms with Crippen molar-refractivity contribution in [2.24, 2.45) is 0 Å². The van der Waals surface area contributed by atoms with Crippen molar-refractivity contribution < 1.29 is 27.4 Å². The number of hydrogen-bond donors (Lipinski definition) is 1. The summed E-state index contributed by atoms with van der Waals surface area (Å²) < 4.78 is 51.2. The van der Waals surface area contributed by atoms with E-state index in [9.17, 15) is 18.0 Å². The van der Waals surface area contributed by atoms with E-state index in [2.05, 4.69) is 15.1 Å². The van der Waals surface area contributed by atoms with Crippen molar-refractivity contribution in [2.75, 3.05) is 45.6 Å². The average Bonchev–Trinajstić information content (AvgIpc) is 2.72. The van der Waals surface area contributed by atoms with Crippen molar-refractivity contribution in [2.45, 2.75) is 31.5 Å². The van der Waals surface area contributed by atoms with Gasteiger partial charge in [-0.05, 0) is 44.8 Å². The molecule has 4 rings (SSSR count). The number of halogens is 3. The smallest absolute Gasteiger partial charge is 0.296 e. The van der Waals surface area contributed by atoms with Crippen molar-refractivity contribution in [1.29, 1.82) is 0 Å². The van der Waals surface area contributed by atoms with Crippen LogP contribution in [0, 0.1) is 0 Å². The Morgan fingerprint density at radius 1 is 1.27 bits per heavy atom. The van der Waals surface area contributed by atoms with Gasteiger partial charge in [0.1, 0.15) is 12.4 Å². The summed E-state index contributed by atoms with van der Waals surface area (Å²) in [5, 5.41) is 2.85. The predicted octanol–water partition coefficient (Wildman–Crippen LogP) is 3.86. The molecule has 6 nitrogen and oxygen atoms in total. The molecule has 0 saturated carbocycles. The summed E-state index contributed by atoms with van der Waals surface area (Å²) in [7, 11) is 4.07. The Labute approximate surface area is 191 Å². The zero-order chi connectivity index (χ0) is 23.8. The van der Waals surface area contributed by atoms with Gasteiger partial charge in [-0.2, -0.15) is 8.78 Å². The quantitative estimate of drug-likeness (QED) is 0.676. The van der Waals surface area contributed by atoms with E-state index in [0.717, 1.165) is 18.8 Å². The number of amides is 1. The average molecular weight is 464 g/mol. The van der Waals surface area contributed by atoms with Gasteiger partial charge in [-0.25, -0.2) is 4.39 Å². The van der Waals surface area contributed by atoms with E-state index in [4.69, 9.17) is 9.47 Å². The first-order valence-corrected chi connectivity index (χ1v) is 10.8. The molecule has 2 aromatic carbocycles. The molecule has 178 valence electrons. The predicted molar refractivity (Wildman–Crippen MR) is 119 cm³/mol. The Morgan fingerprint density at radius 3 is 2.73 bits per heavy atom. The Kier molecular flexibility index (Phi) is 6.54. The van der Waals surface area contributed by atoms with Crippen LogP contribution < -0.4 is 15.0 Å². The number of nitrogens with one attached hydrogen (secondary N) is 1. The van der Waals surface area contributed by atoms with Gasteiger partial charge in [-0.1, -0.05) is 12.1 Å². The summed E-state index contributed by atoms with van der Waals surface area (Å²) in [5.41, 5.74) is 1.98. The van der Waals surface area contributed by atoms with Crippen molar-refractivity contribution in [3.8, 4) is 5.75 Å². The number of alkyl halides is 3. The number of benzene rings is 2. The minimum absolute atomic E-state index is 0.0305. The van der Waals surface area contributed by atoms with E-state index < -0.39 is 31.3 Å². The Balaban J connectivity index is 1.48. The molecule has 9 heteroatoms. The second-order valence-corrected chi connectivity index (χ2v) is 8.76. The summed E-state index contributed by atoms with van der Waals surface area (Å²) >= 11 is 0. The van der Waals surface area contributed by atoms with Gasteiger partial charge >= 0.3 is 0 Å². The number of carbonyl (C=O) groups excluding carboxylic acids is 1. The fourth-order valence-corrected chi connectivity index (χ4v) is 4.19. The Morgan fingerprint density at radius 2 is 2.03 bits per heavy atom. The van der Waals surface area contributed by atoms with Crippen molar-refractivity contribution in [3.63, 3.8) is 0 Å². The first kappa shape index (κ1) is 23.4. The minimum Gasteiger partial charge on any atom is -0.462 e. The van der Waals surface area contributed by atoms with Crippen LogP contribution in [0.3, 0.4) is 0 Å². The summed E-state index contributed by atoms with van der Waals surface area (Å²) in [5.74, 6) is -3.14. The fraction of sp³-hybridized carbons (Fsp3) is 0.458. The lowest BCUT2D eigenvalue weighted by Gasteiger charge is -2.44. The Bertz CT molecular complexity index is 1030. The van der Waals surface area contributed by atoms with E-state index >= 15 is 0 Å². The maximum Gasteiger partial charge on any atom is 0.296 e. The molecule has 2 aliphatic heterocycles. The molecule has 0 spiro atoms. The van der Waals surface area contributed by atoms with Gasteiger partial charge in [0.25, 0.3) is 11.8 Å². The normalized spacial score (nSPS) is 18.5. The van der Waals surface area contributed by atoms with E-state index in [1.165, 1.54) is 18.2 Å². The molecular formula is C24H28F3N3O3. The molecule has 0 unspecified atom stereocenters. The van der Waals surface area contributed by atoms with Crippen molar-refractivity contribution in [3.05, 3.63) is 58.7 Å². The van der Waals surface area contributed by atoms with Crippen LogP contribution in [0.4, 0.5) is 18.9 Å². The maximum atomic E-state index is 14.0. The lowest BCUT2D eigenvalue weighted by atomic mass is 9.97. The molecule has 2 aliphatic rings. The molecule has 33 heavy (non-hydrogen) atoms. The number of carbonyl (C=O) groups is 1. The summed E-state index contributed by atoms with van der Waals surface area (Å²) in [6.45, 7) is 1.88. The molecule has 0 aliphatic carbocycles. The van der Waals surface area contributed by atoms with Crippen molar-refractivity contribution in [1.82, 2.24) is 10.2 Å². The number of nitrogens with zero attached hydrogens (tertiary/aromatic N) is 2. The van der Waals surface area contributed by atoms with Crippen LogP contribution >= 0.6 is 0 Å². The number of likely N-dealkylation sites (N-methyl/N-ethyl adjacent to an activating group) is 1. The van der Waals surface area contributed by atoms with Crippen LogP contribution in [-0.4, -0.2) is 57.5 Å². The van der Waals surface area contributed by atoms with Gasteiger partial charge in [0.05, 0.1) is 12.6 Å². The molecule has 0 bridgehead atoms. The second-order valence-electron chi connectivity index (χ2n) is 8.76. The third kappa shape index (κ3) is 4.79. The highest BCUT2D eigenvalue weighted by atomic mass is 19.3. The lowest BCUT2D eigenvalue weighted by Crippen LogP contribution is -2.57. The number of hydrogen-bond acceptors (Lipinski definition) is 5. The largest absolute Gasteiger partial charge is 0.462 e. The Hall–Kier alpha value is -2.78. The summed E-state index contributed by atoms with van der Waals surface area (Å²) in [6, 6.07) is 9.58. The number of fused-ring (bicyclic) bond motifs is 1. The van der Waals surface area contributed by atoms with E-state index in [0.29, 0.717) is 22.9 Å². The number of anilines is 1. The SMILES string of the molecule is C[C@H](NC(=O)c1ccc2c(c1)COCC2(F)F)c1ccc(N2CC(N(C)C)C2)cc1OCF.